The van der Waals surface area contributed by atoms with Crippen molar-refractivity contribution < 1.29 is 29.1 Å². The zero-order valence-corrected chi connectivity index (χ0v) is 17.4. The van der Waals surface area contributed by atoms with Gasteiger partial charge in [0.15, 0.2) is 0 Å². The van der Waals surface area contributed by atoms with Crippen LogP contribution in [-0.2, 0) is 19.2 Å². The Morgan fingerprint density at radius 3 is 2.52 bits per heavy atom. The highest BCUT2D eigenvalue weighted by Gasteiger charge is 2.35. The number of carbonyl (C=O) groups excluding carboxylic acids is 4. The van der Waals surface area contributed by atoms with Gasteiger partial charge in [-0.2, -0.15) is 0 Å². The van der Waals surface area contributed by atoms with Crippen molar-refractivity contribution in [1.29, 1.82) is 0 Å². The smallest absolute Gasteiger partial charge is 0.304 e. The van der Waals surface area contributed by atoms with Crippen LogP contribution in [0.1, 0.15) is 35.2 Å². The van der Waals surface area contributed by atoms with E-state index in [1.165, 1.54) is 0 Å². The topological polar surface area (TPSA) is 127 Å². The quantitative estimate of drug-likeness (QED) is 0.457. The number of carboxylic acid groups (broad SMARTS) is 1. The fraction of sp³-hybridized carbons (Fsp3) is 0.476. The van der Waals surface area contributed by atoms with Gasteiger partial charge in [-0.3, -0.25) is 39.1 Å². The number of aryl methyl sites for hydroxylation is 1. The molecule has 1 unspecified atom stereocenters. The van der Waals surface area contributed by atoms with Crippen molar-refractivity contribution in [2.45, 2.75) is 32.2 Å². The fourth-order valence-electron chi connectivity index (χ4n) is 3.92. The normalized spacial score (nSPS) is 19.6. The number of anilines is 1. The number of benzene rings is 1. The van der Waals surface area contributed by atoms with E-state index in [2.05, 4.69) is 15.1 Å². The third-order valence-electron chi connectivity index (χ3n) is 5.71. The second-order valence-corrected chi connectivity index (χ2v) is 7.76. The minimum Gasteiger partial charge on any atom is -0.481 e. The summed E-state index contributed by atoms with van der Waals surface area (Å²) < 4.78 is 0. The number of rotatable bonds is 7. The van der Waals surface area contributed by atoms with Crippen LogP contribution in [0.5, 0.6) is 0 Å². The molecular weight excluding hydrogens is 404 g/mol. The van der Waals surface area contributed by atoms with Gasteiger partial charge in [0.2, 0.25) is 18.2 Å². The third-order valence-corrected chi connectivity index (χ3v) is 5.71. The molecule has 0 radical (unpaired) electrons. The van der Waals surface area contributed by atoms with Gasteiger partial charge >= 0.3 is 5.97 Å². The van der Waals surface area contributed by atoms with Crippen LogP contribution >= 0.6 is 0 Å². The van der Waals surface area contributed by atoms with Gasteiger partial charge in [0.1, 0.15) is 6.04 Å². The van der Waals surface area contributed by atoms with Crippen molar-refractivity contribution in [3.63, 3.8) is 0 Å². The van der Waals surface area contributed by atoms with Crippen LogP contribution in [-0.4, -0.2) is 83.8 Å². The summed E-state index contributed by atoms with van der Waals surface area (Å²) in [5, 5.41) is 11.0. The lowest BCUT2D eigenvalue weighted by molar-refractivity contribution is -0.139. The first kappa shape index (κ1) is 22.4. The first-order chi connectivity index (χ1) is 14.8. The molecule has 31 heavy (non-hydrogen) atoms. The molecule has 10 nitrogen and oxygen atoms in total. The van der Waals surface area contributed by atoms with Crippen LogP contribution in [0.2, 0.25) is 0 Å². The Hall–Kier alpha value is -3.27. The van der Waals surface area contributed by atoms with Gasteiger partial charge in [-0.15, -0.1) is 0 Å². The minimum atomic E-state index is -0.999. The van der Waals surface area contributed by atoms with Gasteiger partial charge in [-0.05, 0) is 37.1 Å². The summed E-state index contributed by atoms with van der Waals surface area (Å²) in [6, 6.07) is 4.32. The standard InChI is InChI=1S/C21H26N4O6/c1-14-12-15(24-10-8-23(9-11-24)7-6-19(28)29)2-3-16(14)21(31)25(13-26)17-4-5-18(27)22-20(17)30/h2-3,12-13,17H,4-11H2,1H3,(H,28,29)(H,22,27,30). The van der Waals surface area contributed by atoms with E-state index in [0.717, 1.165) is 36.8 Å². The lowest BCUT2D eigenvalue weighted by atomic mass is 10.0. The average molecular weight is 430 g/mol. The zero-order chi connectivity index (χ0) is 22.5. The van der Waals surface area contributed by atoms with Crippen molar-refractivity contribution in [1.82, 2.24) is 15.1 Å². The Labute approximate surface area is 179 Å². The number of amides is 4. The number of imide groups is 2. The van der Waals surface area contributed by atoms with Crippen molar-refractivity contribution in [2.75, 3.05) is 37.6 Å². The molecule has 0 aromatic heterocycles. The van der Waals surface area contributed by atoms with E-state index in [1.807, 2.05) is 6.07 Å². The van der Waals surface area contributed by atoms with Gasteiger partial charge in [0.05, 0.1) is 6.42 Å². The fourth-order valence-corrected chi connectivity index (χ4v) is 3.92. The number of aliphatic carboxylic acids is 1. The second kappa shape index (κ2) is 9.69. The second-order valence-electron chi connectivity index (χ2n) is 7.76. The van der Waals surface area contributed by atoms with Gasteiger partial charge in [-0.25, -0.2) is 0 Å². The van der Waals surface area contributed by atoms with Crippen molar-refractivity contribution in [2.24, 2.45) is 0 Å². The number of piperazine rings is 1. The van der Waals surface area contributed by atoms with Crippen molar-refractivity contribution in [3.8, 4) is 0 Å². The van der Waals surface area contributed by atoms with Gasteiger partial charge in [0, 0.05) is 50.4 Å². The maximum absolute atomic E-state index is 12.9. The molecule has 0 spiro atoms. The Kier molecular flexibility index (Phi) is 7.01. The van der Waals surface area contributed by atoms with Gasteiger partial charge in [0.25, 0.3) is 5.91 Å². The number of nitrogens with one attached hydrogen (secondary N) is 1. The summed E-state index contributed by atoms with van der Waals surface area (Å²) >= 11 is 0. The van der Waals surface area contributed by atoms with E-state index in [1.54, 1.807) is 19.1 Å². The first-order valence-corrected chi connectivity index (χ1v) is 10.2. The molecule has 4 amide bonds. The summed E-state index contributed by atoms with van der Waals surface area (Å²) in [4.78, 5) is 63.8. The maximum Gasteiger partial charge on any atom is 0.304 e. The van der Waals surface area contributed by atoms with Gasteiger partial charge in [-0.1, -0.05) is 0 Å². The van der Waals surface area contributed by atoms with Crippen LogP contribution in [0.4, 0.5) is 5.69 Å². The van der Waals surface area contributed by atoms with E-state index >= 15 is 0 Å². The predicted molar refractivity (Wildman–Crippen MR) is 110 cm³/mol. The van der Waals surface area contributed by atoms with Crippen LogP contribution in [0, 0.1) is 6.92 Å². The van der Waals surface area contributed by atoms with E-state index in [0.29, 0.717) is 24.1 Å². The number of hydrogen-bond donors (Lipinski definition) is 2. The number of carboxylic acids is 1. The van der Waals surface area contributed by atoms with Crippen LogP contribution in [0.15, 0.2) is 18.2 Å². The third kappa shape index (κ3) is 5.26. The summed E-state index contributed by atoms with van der Waals surface area (Å²) in [6.45, 7) is 5.28. The Morgan fingerprint density at radius 2 is 1.94 bits per heavy atom. The van der Waals surface area contributed by atoms with E-state index in [9.17, 15) is 24.0 Å². The largest absolute Gasteiger partial charge is 0.481 e. The molecular formula is C21H26N4O6. The number of hydrogen-bond acceptors (Lipinski definition) is 7. The molecule has 1 aromatic rings. The predicted octanol–water partition coefficient (Wildman–Crippen LogP) is -0.00448. The molecule has 2 aliphatic rings. The Balaban J connectivity index is 1.67. The van der Waals surface area contributed by atoms with E-state index in [-0.39, 0.29) is 19.3 Å². The molecule has 2 fully saturated rings. The molecule has 1 atom stereocenters. The first-order valence-electron chi connectivity index (χ1n) is 10.2. The lowest BCUT2D eigenvalue weighted by Gasteiger charge is -2.36. The molecule has 0 aliphatic carbocycles. The Morgan fingerprint density at radius 1 is 1.23 bits per heavy atom. The van der Waals surface area contributed by atoms with Gasteiger partial charge < -0.3 is 10.0 Å². The van der Waals surface area contributed by atoms with E-state index in [4.69, 9.17) is 5.11 Å². The average Bonchev–Trinajstić information content (AvgIpc) is 2.74. The molecule has 0 bridgehead atoms. The molecule has 10 heteroatoms. The number of piperidine rings is 1. The van der Waals surface area contributed by atoms with Crippen molar-refractivity contribution >= 4 is 35.8 Å². The van der Waals surface area contributed by atoms with Crippen molar-refractivity contribution in [3.05, 3.63) is 29.3 Å². The summed E-state index contributed by atoms with van der Waals surface area (Å²) in [7, 11) is 0. The summed E-state index contributed by atoms with van der Waals surface area (Å²) in [6.07, 6.45) is 0.644. The van der Waals surface area contributed by atoms with Crippen LogP contribution < -0.4 is 10.2 Å². The van der Waals surface area contributed by atoms with E-state index < -0.39 is 29.7 Å². The molecule has 2 heterocycles. The summed E-state index contributed by atoms with van der Waals surface area (Å²) in [5.74, 6) is -2.44. The highest BCUT2D eigenvalue weighted by molar-refractivity contribution is 6.07. The Bertz CT molecular complexity index is 894. The number of carbonyl (C=O) groups is 5. The highest BCUT2D eigenvalue weighted by Crippen LogP contribution is 2.23. The molecule has 2 N–H and O–H groups in total. The molecule has 3 rings (SSSR count). The molecule has 166 valence electrons. The minimum absolute atomic E-state index is 0.0738. The molecule has 1 aromatic carbocycles. The summed E-state index contributed by atoms with van der Waals surface area (Å²) in [5.41, 5.74) is 1.93. The number of nitrogens with zero attached hydrogens (tertiary/aromatic N) is 3. The van der Waals surface area contributed by atoms with Crippen LogP contribution in [0.25, 0.3) is 0 Å². The highest BCUT2D eigenvalue weighted by atomic mass is 16.4. The monoisotopic (exact) mass is 430 g/mol. The molecule has 2 saturated heterocycles. The van der Waals surface area contributed by atoms with Crippen LogP contribution in [0.3, 0.4) is 0 Å². The maximum atomic E-state index is 12.9. The molecule has 0 saturated carbocycles. The SMILES string of the molecule is Cc1cc(N2CCN(CCC(=O)O)CC2)ccc1C(=O)N(C=O)C1CCC(=O)NC1=O. The molecule has 2 aliphatic heterocycles. The lowest BCUT2D eigenvalue weighted by Crippen LogP contribution is -2.53. The zero-order valence-electron chi connectivity index (χ0n) is 17.4.